The average Bonchev–Trinajstić information content (AvgIpc) is 3.51. The molecule has 4 aromatic rings. The third-order valence-corrected chi connectivity index (χ3v) is 4.85. The lowest BCUT2D eigenvalue weighted by molar-refractivity contribution is 0.0947. The molecule has 0 atom stereocenters. The molecule has 0 fully saturated rings. The smallest absolute Gasteiger partial charge is 0.293 e. The molecular weight excluding hydrogens is 468 g/mol. The van der Waals surface area contributed by atoms with Crippen molar-refractivity contribution in [3.05, 3.63) is 71.5 Å². The molecule has 2 heterocycles. The predicted molar refractivity (Wildman–Crippen MR) is 128 cm³/mol. The predicted octanol–water partition coefficient (Wildman–Crippen LogP) is 1.13. The average molecular weight is 490 g/mol. The number of anilines is 2. The standard InChI is InChI=1S/C22H22N10O4/c1-13(12-35-14-7-3-2-4-8-14)26-28-22(34)18-17(32(31-27-18)21-19(23)29-36-30-21)11-25-16-10-6-5-9-15(16)20(24)33/h2-10,25H,11-12H2,1H3,(H2,23,29)(H2,24,33)(H,28,34). The van der Waals surface area contributed by atoms with Gasteiger partial charge in [-0.25, -0.2) is 10.1 Å². The zero-order valence-corrected chi connectivity index (χ0v) is 19.1. The highest BCUT2D eigenvalue weighted by Gasteiger charge is 2.24. The van der Waals surface area contributed by atoms with E-state index in [-0.39, 0.29) is 41.7 Å². The van der Waals surface area contributed by atoms with Crippen molar-refractivity contribution in [3.8, 4) is 11.6 Å². The Kier molecular flexibility index (Phi) is 7.14. The van der Waals surface area contributed by atoms with E-state index in [1.54, 1.807) is 31.2 Å². The zero-order valence-electron chi connectivity index (χ0n) is 19.1. The van der Waals surface area contributed by atoms with Crippen molar-refractivity contribution >= 4 is 29.0 Å². The molecule has 36 heavy (non-hydrogen) atoms. The monoisotopic (exact) mass is 490 g/mol. The van der Waals surface area contributed by atoms with Gasteiger partial charge in [0.1, 0.15) is 12.4 Å². The molecular formula is C22H22N10O4. The molecule has 184 valence electrons. The summed E-state index contributed by atoms with van der Waals surface area (Å²) in [6, 6.07) is 15.8. The number of nitrogens with two attached hydrogens (primary N) is 2. The van der Waals surface area contributed by atoms with E-state index in [2.05, 4.69) is 41.1 Å². The molecule has 0 saturated carbocycles. The molecule has 0 saturated heterocycles. The highest BCUT2D eigenvalue weighted by molar-refractivity contribution is 5.98. The first-order valence-corrected chi connectivity index (χ1v) is 10.6. The Morgan fingerprint density at radius 1 is 1.11 bits per heavy atom. The van der Waals surface area contributed by atoms with Crippen LogP contribution in [0.3, 0.4) is 0 Å². The van der Waals surface area contributed by atoms with Crippen molar-refractivity contribution in [1.82, 2.24) is 30.7 Å². The summed E-state index contributed by atoms with van der Waals surface area (Å²) < 4.78 is 11.5. The van der Waals surface area contributed by atoms with E-state index in [4.69, 9.17) is 16.2 Å². The number of nitrogens with zero attached hydrogens (tertiary/aromatic N) is 6. The number of nitrogen functional groups attached to an aromatic ring is 1. The Bertz CT molecular complexity index is 1400. The number of hydrazone groups is 1. The lowest BCUT2D eigenvalue weighted by atomic mass is 10.1. The molecule has 0 bridgehead atoms. The fraction of sp³-hybridized carbons (Fsp3) is 0.136. The van der Waals surface area contributed by atoms with Gasteiger partial charge in [0.2, 0.25) is 11.6 Å². The molecule has 6 N–H and O–H groups in total. The van der Waals surface area contributed by atoms with Gasteiger partial charge in [0.15, 0.2) is 5.69 Å². The summed E-state index contributed by atoms with van der Waals surface area (Å²) in [5, 5.41) is 22.3. The maximum absolute atomic E-state index is 12.9. The van der Waals surface area contributed by atoms with Gasteiger partial charge in [-0.15, -0.1) is 5.10 Å². The molecule has 0 radical (unpaired) electrons. The second kappa shape index (κ2) is 10.8. The van der Waals surface area contributed by atoms with Crippen LogP contribution in [0.5, 0.6) is 5.75 Å². The number of benzene rings is 2. The number of nitrogens with one attached hydrogen (secondary N) is 2. The fourth-order valence-corrected chi connectivity index (χ4v) is 3.11. The van der Waals surface area contributed by atoms with Gasteiger partial charge in [-0.2, -0.15) is 9.78 Å². The van der Waals surface area contributed by atoms with Crippen LogP contribution in [0.25, 0.3) is 5.82 Å². The molecule has 0 aliphatic heterocycles. The van der Waals surface area contributed by atoms with E-state index < -0.39 is 11.8 Å². The SMILES string of the molecule is CC(COc1ccccc1)=NNC(=O)c1nnn(-c2nonc2N)c1CNc1ccccc1C(N)=O. The normalized spacial score (nSPS) is 11.2. The van der Waals surface area contributed by atoms with Gasteiger partial charge < -0.3 is 21.5 Å². The number of aromatic nitrogens is 5. The van der Waals surface area contributed by atoms with E-state index in [0.29, 0.717) is 17.1 Å². The molecule has 0 unspecified atom stereocenters. The second-order valence-electron chi connectivity index (χ2n) is 7.42. The topological polar surface area (TPSA) is 201 Å². The molecule has 0 spiro atoms. The number of carbonyl (C=O) groups excluding carboxylic acids is 2. The first kappa shape index (κ1) is 23.9. The first-order valence-electron chi connectivity index (χ1n) is 10.6. The van der Waals surface area contributed by atoms with Crippen LogP contribution in [0.15, 0.2) is 64.3 Å². The third kappa shape index (κ3) is 5.44. The van der Waals surface area contributed by atoms with Gasteiger partial charge in [0.05, 0.1) is 23.5 Å². The van der Waals surface area contributed by atoms with Crippen LogP contribution < -0.4 is 26.9 Å². The number of para-hydroxylation sites is 2. The van der Waals surface area contributed by atoms with Crippen molar-refractivity contribution in [2.24, 2.45) is 10.8 Å². The molecule has 2 amide bonds. The van der Waals surface area contributed by atoms with Crippen molar-refractivity contribution in [2.45, 2.75) is 13.5 Å². The van der Waals surface area contributed by atoms with Crippen LogP contribution in [0, 0.1) is 0 Å². The summed E-state index contributed by atoms with van der Waals surface area (Å²) in [4.78, 5) is 24.7. The van der Waals surface area contributed by atoms with Crippen molar-refractivity contribution in [1.29, 1.82) is 0 Å². The number of hydrogen-bond donors (Lipinski definition) is 4. The highest BCUT2D eigenvalue weighted by atomic mass is 16.6. The molecule has 14 nitrogen and oxygen atoms in total. The minimum atomic E-state index is -0.643. The van der Waals surface area contributed by atoms with Crippen molar-refractivity contribution in [3.63, 3.8) is 0 Å². The van der Waals surface area contributed by atoms with Crippen LogP contribution in [0.2, 0.25) is 0 Å². The van der Waals surface area contributed by atoms with Crippen LogP contribution in [0.4, 0.5) is 11.5 Å². The van der Waals surface area contributed by atoms with Crippen LogP contribution in [-0.2, 0) is 6.54 Å². The summed E-state index contributed by atoms with van der Waals surface area (Å²) in [5.41, 5.74) is 15.1. The Hall–Kier alpha value is -5.27. The van der Waals surface area contributed by atoms with Crippen molar-refractivity contribution < 1.29 is 19.0 Å². The molecule has 14 heteroatoms. The van der Waals surface area contributed by atoms with Gasteiger partial charge in [-0.1, -0.05) is 35.5 Å². The van der Waals surface area contributed by atoms with Gasteiger partial charge in [0.25, 0.3) is 11.8 Å². The summed E-state index contributed by atoms with van der Waals surface area (Å²) in [6.07, 6.45) is 0. The fourth-order valence-electron chi connectivity index (χ4n) is 3.11. The van der Waals surface area contributed by atoms with E-state index >= 15 is 0 Å². The van der Waals surface area contributed by atoms with Crippen LogP contribution in [-0.4, -0.2) is 49.4 Å². The first-order chi connectivity index (χ1) is 17.4. The van der Waals surface area contributed by atoms with E-state index in [9.17, 15) is 9.59 Å². The summed E-state index contributed by atoms with van der Waals surface area (Å²) in [5.74, 6) is -0.606. The molecule has 2 aromatic carbocycles. The number of rotatable bonds is 10. The van der Waals surface area contributed by atoms with E-state index in [1.165, 1.54) is 4.68 Å². The number of primary amides is 1. The summed E-state index contributed by atoms with van der Waals surface area (Å²) >= 11 is 0. The van der Waals surface area contributed by atoms with Gasteiger partial charge >= 0.3 is 0 Å². The largest absolute Gasteiger partial charge is 0.488 e. The second-order valence-corrected chi connectivity index (χ2v) is 7.42. The van der Waals surface area contributed by atoms with Crippen LogP contribution in [0.1, 0.15) is 33.5 Å². The lowest BCUT2D eigenvalue weighted by Gasteiger charge is -2.11. The van der Waals surface area contributed by atoms with Crippen LogP contribution >= 0.6 is 0 Å². The van der Waals surface area contributed by atoms with Crippen molar-refractivity contribution in [2.75, 3.05) is 17.7 Å². The quantitative estimate of drug-likeness (QED) is 0.184. The Balaban J connectivity index is 1.54. The Morgan fingerprint density at radius 3 is 2.58 bits per heavy atom. The van der Waals surface area contributed by atoms with E-state index in [0.717, 1.165) is 0 Å². The maximum Gasteiger partial charge on any atom is 0.293 e. The summed E-state index contributed by atoms with van der Waals surface area (Å²) in [7, 11) is 0. The minimum absolute atomic E-state index is 0.00778. The lowest BCUT2D eigenvalue weighted by Crippen LogP contribution is -2.24. The Morgan fingerprint density at radius 2 is 1.86 bits per heavy atom. The number of ether oxygens (including phenoxy) is 1. The molecule has 2 aromatic heterocycles. The zero-order chi connectivity index (χ0) is 25.5. The third-order valence-electron chi connectivity index (χ3n) is 4.85. The molecule has 0 aliphatic carbocycles. The number of carbonyl (C=O) groups is 2. The number of hydrogen-bond acceptors (Lipinski definition) is 11. The Labute approximate surface area is 204 Å². The summed E-state index contributed by atoms with van der Waals surface area (Å²) in [6.45, 7) is 1.85. The molecule has 4 rings (SSSR count). The highest BCUT2D eigenvalue weighted by Crippen LogP contribution is 2.19. The van der Waals surface area contributed by atoms with Gasteiger partial charge in [-0.05, 0) is 41.5 Å². The van der Waals surface area contributed by atoms with Gasteiger partial charge in [0, 0.05) is 5.69 Å². The molecule has 0 aliphatic rings. The minimum Gasteiger partial charge on any atom is -0.488 e. The number of amides is 2. The van der Waals surface area contributed by atoms with E-state index in [1.807, 2.05) is 30.3 Å². The maximum atomic E-state index is 12.9. The van der Waals surface area contributed by atoms with Gasteiger partial charge in [-0.3, -0.25) is 9.59 Å².